The van der Waals surface area contributed by atoms with Crippen molar-refractivity contribution in [3.8, 4) is 11.4 Å². The lowest BCUT2D eigenvalue weighted by Gasteiger charge is -2.33. The molecular formula is C23H32N4O. The number of hydrogen-bond donors (Lipinski definition) is 0. The molecular weight excluding hydrogens is 348 g/mol. The minimum Gasteiger partial charge on any atom is -0.362 e. The van der Waals surface area contributed by atoms with Gasteiger partial charge in [-0.15, -0.1) is 0 Å². The number of hydrogen-bond acceptors (Lipinski definition) is 4. The number of fused-ring (bicyclic) bond motifs is 1. The summed E-state index contributed by atoms with van der Waals surface area (Å²) in [4.78, 5) is 26.8. The lowest BCUT2D eigenvalue weighted by atomic mass is 9.96. The molecule has 1 atom stereocenters. The van der Waals surface area contributed by atoms with Crippen LogP contribution in [0.2, 0.25) is 0 Å². The summed E-state index contributed by atoms with van der Waals surface area (Å²) < 4.78 is 0. The molecule has 2 aromatic rings. The molecule has 5 heteroatoms. The lowest BCUT2D eigenvalue weighted by molar-refractivity contribution is -0.136. The van der Waals surface area contributed by atoms with E-state index in [1.54, 1.807) is 0 Å². The minimum absolute atomic E-state index is 0.133. The van der Waals surface area contributed by atoms with E-state index in [-0.39, 0.29) is 5.92 Å². The highest BCUT2D eigenvalue weighted by Gasteiger charge is 2.29. The first-order valence-electron chi connectivity index (χ1n) is 10.5. The van der Waals surface area contributed by atoms with E-state index in [1.165, 1.54) is 0 Å². The van der Waals surface area contributed by atoms with Gasteiger partial charge in [-0.25, -0.2) is 9.97 Å². The van der Waals surface area contributed by atoms with Gasteiger partial charge in [0.1, 0.15) is 5.82 Å². The van der Waals surface area contributed by atoms with E-state index in [0.717, 1.165) is 67.1 Å². The van der Waals surface area contributed by atoms with Crippen LogP contribution in [0.25, 0.3) is 11.4 Å². The Morgan fingerprint density at radius 1 is 1.18 bits per heavy atom. The number of amides is 1. The maximum absolute atomic E-state index is 13.1. The number of carbonyl (C=O) groups excluding carboxylic acids is 1. The zero-order valence-corrected chi connectivity index (χ0v) is 17.6. The number of aromatic nitrogens is 2. The average Bonchev–Trinajstić information content (AvgIpc) is 2.73. The average molecular weight is 381 g/mol. The molecule has 1 aliphatic heterocycles. The minimum atomic E-state index is 0.133. The SMILES string of the molecule is CCCC[C@@H](CC)C(=O)N1CCc2nc(-c3ccccc3)nc(N(C)C)c2C1. The highest BCUT2D eigenvalue weighted by molar-refractivity contribution is 5.79. The highest BCUT2D eigenvalue weighted by Crippen LogP contribution is 2.30. The molecule has 1 amide bonds. The molecule has 1 aromatic carbocycles. The van der Waals surface area contributed by atoms with E-state index >= 15 is 0 Å². The first-order valence-corrected chi connectivity index (χ1v) is 10.5. The van der Waals surface area contributed by atoms with Crippen LogP contribution in [0.3, 0.4) is 0 Å². The molecule has 0 spiro atoms. The fourth-order valence-electron chi connectivity index (χ4n) is 3.88. The summed E-state index contributed by atoms with van der Waals surface area (Å²) in [6.45, 7) is 5.65. The van der Waals surface area contributed by atoms with Crippen LogP contribution >= 0.6 is 0 Å². The van der Waals surface area contributed by atoms with E-state index in [1.807, 2.05) is 54.2 Å². The number of anilines is 1. The predicted octanol–water partition coefficient (Wildman–Crippen LogP) is 4.31. The molecule has 5 nitrogen and oxygen atoms in total. The molecule has 150 valence electrons. The summed E-state index contributed by atoms with van der Waals surface area (Å²) in [5, 5.41) is 0. The second-order valence-electron chi connectivity index (χ2n) is 7.81. The van der Waals surface area contributed by atoms with Gasteiger partial charge in [0.05, 0.1) is 12.2 Å². The molecule has 0 saturated carbocycles. The van der Waals surface area contributed by atoms with Crippen molar-refractivity contribution in [1.29, 1.82) is 0 Å². The van der Waals surface area contributed by atoms with Crippen LogP contribution in [0.4, 0.5) is 5.82 Å². The van der Waals surface area contributed by atoms with Crippen molar-refractivity contribution in [1.82, 2.24) is 14.9 Å². The molecule has 0 unspecified atom stereocenters. The Morgan fingerprint density at radius 2 is 1.93 bits per heavy atom. The van der Waals surface area contributed by atoms with Crippen LogP contribution in [0, 0.1) is 5.92 Å². The van der Waals surface area contributed by atoms with Gasteiger partial charge >= 0.3 is 0 Å². The molecule has 0 radical (unpaired) electrons. The highest BCUT2D eigenvalue weighted by atomic mass is 16.2. The van der Waals surface area contributed by atoms with Crippen LogP contribution in [0.15, 0.2) is 30.3 Å². The Morgan fingerprint density at radius 3 is 2.57 bits per heavy atom. The van der Waals surface area contributed by atoms with E-state index in [0.29, 0.717) is 12.5 Å². The van der Waals surface area contributed by atoms with Gasteiger partial charge in [-0.2, -0.15) is 0 Å². The Hall–Kier alpha value is -2.43. The second-order valence-corrected chi connectivity index (χ2v) is 7.81. The molecule has 2 heterocycles. The molecule has 0 fully saturated rings. The third-order valence-corrected chi connectivity index (χ3v) is 5.55. The number of benzene rings is 1. The molecule has 28 heavy (non-hydrogen) atoms. The van der Waals surface area contributed by atoms with Gasteiger partial charge in [-0.3, -0.25) is 4.79 Å². The molecule has 1 aliphatic rings. The van der Waals surface area contributed by atoms with Gasteiger partial charge in [0, 0.05) is 44.1 Å². The van der Waals surface area contributed by atoms with E-state index in [2.05, 4.69) is 13.8 Å². The zero-order valence-electron chi connectivity index (χ0n) is 17.6. The van der Waals surface area contributed by atoms with Gasteiger partial charge in [-0.1, -0.05) is 57.0 Å². The summed E-state index contributed by atoms with van der Waals surface area (Å²) in [7, 11) is 4.02. The summed E-state index contributed by atoms with van der Waals surface area (Å²) in [6.07, 6.45) is 4.93. The predicted molar refractivity (Wildman–Crippen MR) is 114 cm³/mol. The number of nitrogens with zero attached hydrogens (tertiary/aromatic N) is 4. The summed E-state index contributed by atoms with van der Waals surface area (Å²) in [6, 6.07) is 10.1. The normalized spacial score (nSPS) is 14.5. The Kier molecular flexibility index (Phi) is 6.65. The van der Waals surface area contributed by atoms with Gasteiger partial charge in [-0.05, 0) is 12.8 Å². The zero-order chi connectivity index (χ0) is 20.1. The smallest absolute Gasteiger partial charge is 0.225 e. The maximum Gasteiger partial charge on any atom is 0.225 e. The van der Waals surface area contributed by atoms with Gasteiger partial charge in [0.2, 0.25) is 5.91 Å². The topological polar surface area (TPSA) is 49.3 Å². The molecule has 0 aliphatic carbocycles. The Labute approximate surface area is 168 Å². The lowest BCUT2D eigenvalue weighted by Crippen LogP contribution is -2.40. The Bertz CT molecular complexity index is 804. The number of carbonyl (C=O) groups is 1. The molecule has 0 saturated heterocycles. The third kappa shape index (κ3) is 4.34. The quantitative estimate of drug-likeness (QED) is 0.718. The first-order chi connectivity index (χ1) is 13.5. The summed E-state index contributed by atoms with van der Waals surface area (Å²) >= 11 is 0. The van der Waals surface area contributed by atoms with Crippen molar-refractivity contribution in [2.24, 2.45) is 5.92 Å². The van der Waals surface area contributed by atoms with E-state index < -0.39 is 0 Å². The largest absolute Gasteiger partial charge is 0.362 e. The van der Waals surface area contributed by atoms with Crippen molar-refractivity contribution in [2.45, 2.75) is 52.5 Å². The van der Waals surface area contributed by atoms with Crippen LogP contribution < -0.4 is 4.90 Å². The second kappa shape index (κ2) is 9.18. The van der Waals surface area contributed by atoms with Crippen LogP contribution in [-0.4, -0.2) is 41.4 Å². The van der Waals surface area contributed by atoms with Crippen LogP contribution in [-0.2, 0) is 17.8 Å². The van der Waals surface area contributed by atoms with E-state index in [9.17, 15) is 4.79 Å². The van der Waals surface area contributed by atoms with Crippen molar-refractivity contribution < 1.29 is 4.79 Å². The fraction of sp³-hybridized carbons (Fsp3) is 0.522. The number of rotatable bonds is 7. The molecule has 1 aromatic heterocycles. The van der Waals surface area contributed by atoms with Crippen LogP contribution in [0.5, 0.6) is 0 Å². The van der Waals surface area contributed by atoms with Gasteiger partial charge in [0.15, 0.2) is 5.82 Å². The molecule has 0 N–H and O–H groups in total. The monoisotopic (exact) mass is 380 g/mol. The van der Waals surface area contributed by atoms with Crippen molar-refractivity contribution in [3.05, 3.63) is 41.6 Å². The summed E-state index contributed by atoms with van der Waals surface area (Å²) in [5.74, 6) is 2.10. The van der Waals surface area contributed by atoms with Crippen molar-refractivity contribution in [3.63, 3.8) is 0 Å². The van der Waals surface area contributed by atoms with Crippen LogP contribution in [0.1, 0.15) is 50.8 Å². The van der Waals surface area contributed by atoms with Crippen molar-refractivity contribution in [2.75, 3.05) is 25.5 Å². The first kappa shape index (κ1) is 20.3. The maximum atomic E-state index is 13.1. The molecule has 0 bridgehead atoms. The van der Waals surface area contributed by atoms with Gasteiger partial charge < -0.3 is 9.80 Å². The summed E-state index contributed by atoms with van der Waals surface area (Å²) in [5.41, 5.74) is 3.19. The third-order valence-electron chi connectivity index (χ3n) is 5.55. The fourth-order valence-corrected chi connectivity index (χ4v) is 3.88. The van der Waals surface area contributed by atoms with E-state index in [4.69, 9.17) is 9.97 Å². The van der Waals surface area contributed by atoms with Gasteiger partial charge in [0.25, 0.3) is 0 Å². The standard InChI is InChI=1S/C23H32N4O/c1-5-7-11-17(6-2)23(28)27-15-14-20-19(16-27)22(26(3)4)25-21(24-20)18-12-9-8-10-13-18/h8-10,12-13,17H,5-7,11,14-16H2,1-4H3/t17-/m1/s1. The van der Waals surface area contributed by atoms with Crippen molar-refractivity contribution >= 4 is 11.7 Å². The number of unbranched alkanes of at least 4 members (excludes halogenated alkanes) is 1. The Balaban J connectivity index is 1.89. The molecule has 3 rings (SSSR count).